The fourth-order valence-corrected chi connectivity index (χ4v) is 1.78. The van der Waals surface area contributed by atoms with Crippen molar-refractivity contribution >= 4 is 5.78 Å². The molecule has 1 aliphatic rings. The van der Waals surface area contributed by atoms with Crippen LogP contribution in [0.5, 0.6) is 0 Å². The maximum Gasteiger partial charge on any atom is 0.171 e. The minimum Gasteiger partial charge on any atom is -0.361 e. The molecule has 1 aliphatic carbocycles. The van der Waals surface area contributed by atoms with Crippen molar-refractivity contribution in [3.63, 3.8) is 0 Å². The Morgan fingerprint density at radius 3 is 3.06 bits per heavy atom. The minimum atomic E-state index is 0.222. The van der Waals surface area contributed by atoms with Crippen molar-refractivity contribution in [1.29, 1.82) is 0 Å². The van der Waals surface area contributed by atoms with E-state index >= 15 is 0 Å². The van der Waals surface area contributed by atoms with Crippen molar-refractivity contribution in [3.05, 3.63) is 30.2 Å². The zero-order valence-corrected chi connectivity index (χ0v) is 9.45. The number of rotatable bonds is 7. The second kappa shape index (κ2) is 5.10. The van der Waals surface area contributed by atoms with E-state index in [-0.39, 0.29) is 11.7 Å². The Bertz CT molecular complexity index is 377. The van der Waals surface area contributed by atoms with Crippen LogP contribution in [0.1, 0.15) is 48.2 Å². The topological polar surface area (TPSA) is 43.1 Å². The lowest BCUT2D eigenvalue weighted by molar-refractivity contribution is 0.0965. The van der Waals surface area contributed by atoms with Crippen molar-refractivity contribution in [2.24, 2.45) is 5.92 Å². The van der Waals surface area contributed by atoms with Crippen LogP contribution < -0.4 is 0 Å². The Labute approximate surface area is 95.5 Å². The predicted octanol–water partition coefficient (Wildman–Crippen LogP) is 3.17. The van der Waals surface area contributed by atoms with Gasteiger partial charge in [0, 0.05) is 12.3 Å². The summed E-state index contributed by atoms with van der Waals surface area (Å²) in [6.07, 6.45) is 9.47. The van der Waals surface area contributed by atoms with E-state index in [4.69, 9.17) is 4.52 Å². The lowest BCUT2D eigenvalue weighted by Crippen LogP contribution is -2.03. The van der Waals surface area contributed by atoms with Crippen molar-refractivity contribution < 1.29 is 9.32 Å². The van der Waals surface area contributed by atoms with Crippen LogP contribution in [0.15, 0.2) is 23.4 Å². The highest BCUT2D eigenvalue weighted by Crippen LogP contribution is 2.33. The number of ketones is 1. The SMILES string of the molecule is C=CCCCCc1oncc1C(=O)C1CC1. The fraction of sp³-hybridized carbons (Fsp3) is 0.538. The highest BCUT2D eigenvalue weighted by molar-refractivity contribution is 5.99. The van der Waals surface area contributed by atoms with Crippen LogP contribution in [0.25, 0.3) is 0 Å². The maximum atomic E-state index is 11.9. The van der Waals surface area contributed by atoms with E-state index in [0.29, 0.717) is 5.56 Å². The third kappa shape index (κ3) is 2.60. The van der Waals surface area contributed by atoms with Crippen LogP contribution in [0.2, 0.25) is 0 Å². The van der Waals surface area contributed by atoms with Crippen LogP contribution in [0, 0.1) is 5.92 Å². The Balaban J connectivity index is 1.90. The zero-order chi connectivity index (χ0) is 11.4. The molecular weight excluding hydrogens is 202 g/mol. The monoisotopic (exact) mass is 219 g/mol. The van der Waals surface area contributed by atoms with Gasteiger partial charge in [-0.1, -0.05) is 11.2 Å². The summed E-state index contributed by atoms with van der Waals surface area (Å²) in [6.45, 7) is 3.68. The molecule has 16 heavy (non-hydrogen) atoms. The van der Waals surface area contributed by atoms with Crippen molar-refractivity contribution in [3.8, 4) is 0 Å². The highest BCUT2D eigenvalue weighted by atomic mass is 16.5. The smallest absolute Gasteiger partial charge is 0.171 e. The van der Waals surface area contributed by atoms with Gasteiger partial charge in [0.2, 0.25) is 0 Å². The number of carbonyl (C=O) groups is 1. The molecule has 1 aromatic heterocycles. The first kappa shape index (κ1) is 11.1. The highest BCUT2D eigenvalue weighted by Gasteiger charge is 2.32. The number of aryl methyl sites for hydroxylation is 1. The quantitative estimate of drug-likeness (QED) is 0.402. The molecule has 1 saturated carbocycles. The van der Waals surface area contributed by atoms with Gasteiger partial charge >= 0.3 is 0 Å². The molecule has 3 nitrogen and oxygen atoms in total. The third-order valence-electron chi connectivity index (χ3n) is 2.92. The van der Waals surface area contributed by atoms with Gasteiger partial charge in [0.15, 0.2) is 5.78 Å². The summed E-state index contributed by atoms with van der Waals surface area (Å²) in [5.74, 6) is 1.23. The minimum absolute atomic E-state index is 0.222. The van der Waals surface area contributed by atoms with E-state index in [0.717, 1.165) is 44.3 Å². The molecule has 3 heteroatoms. The van der Waals surface area contributed by atoms with Gasteiger partial charge in [0.25, 0.3) is 0 Å². The van der Waals surface area contributed by atoms with Crippen molar-refractivity contribution in [1.82, 2.24) is 5.16 Å². The van der Waals surface area contributed by atoms with E-state index in [9.17, 15) is 4.79 Å². The summed E-state index contributed by atoms with van der Waals surface area (Å²) in [6, 6.07) is 0. The lowest BCUT2D eigenvalue weighted by atomic mass is 10.0. The molecule has 0 amide bonds. The summed E-state index contributed by atoms with van der Waals surface area (Å²) < 4.78 is 5.15. The molecule has 0 spiro atoms. The van der Waals surface area contributed by atoms with Gasteiger partial charge in [0.05, 0.1) is 11.8 Å². The number of allylic oxidation sites excluding steroid dienone is 1. The van der Waals surface area contributed by atoms with Crippen LogP contribution in [-0.4, -0.2) is 10.9 Å². The van der Waals surface area contributed by atoms with Gasteiger partial charge in [-0.05, 0) is 32.1 Å². The van der Waals surface area contributed by atoms with E-state index in [1.807, 2.05) is 6.08 Å². The molecule has 0 unspecified atom stereocenters. The molecule has 1 heterocycles. The molecule has 0 radical (unpaired) electrons. The van der Waals surface area contributed by atoms with Gasteiger partial charge in [0.1, 0.15) is 5.76 Å². The molecular formula is C13H17NO2. The number of hydrogen-bond donors (Lipinski definition) is 0. The number of Topliss-reactive ketones (excluding diaryl/α,β-unsaturated/α-hetero) is 1. The van der Waals surface area contributed by atoms with Gasteiger partial charge < -0.3 is 4.52 Å². The second-order valence-corrected chi connectivity index (χ2v) is 4.34. The standard InChI is InChI=1S/C13H17NO2/c1-2-3-4-5-6-12-11(9-14-16-12)13(15)10-7-8-10/h2,9-10H,1,3-8H2. The number of aromatic nitrogens is 1. The predicted molar refractivity (Wildman–Crippen MR) is 61.3 cm³/mol. The zero-order valence-electron chi connectivity index (χ0n) is 9.45. The van der Waals surface area contributed by atoms with E-state index < -0.39 is 0 Å². The van der Waals surface area contributed by atoms with Crippen LogP contribution in [0.4, 0.5) is 0 Å². The fourth-order valence-electron chi connectivity index (χ4n) is 1.78. The lowest BCUT2D eigenvalue weighted by Gasteiger charge is -1.98. The average molecular weight is 219 g/mol. The Hall–Kier alpha value is -1.38. The van der Waals surface area contributed by atoms with Crippen molar-refractivity contribution in [2.75, 3.05) is 0 Å². The van der Waals surface area contributed by atoms with E-state index in [1.165, 1.54) is 0 Å². The summed E-state index contributed by atoms with van der Waals surface area (Å²) in [7, 11) is 0. The molecule has 1 fully saturated rings. The van der Waals surface area contributed by atoms with Crippen molar-refractivity contribution in [2.45, 2.75) is 38.5 Å². The average Bonchev–Trinajstić information content (AvgIpc) is 3.03. The normalized spacial score (nSPS) is 15.0. The second-order valence-electron chi connectivity index (χ2n) is 4.34. The molecule has 2 rings (SSSR count). The molecule has 0 bridgehead atoms. The number of nitrogens with zero attached hydrogens (tertiary/aromatic N) is 1. The first-order valence-corrected chi connectivity index (χ1v) is 5.91. The Morgan fingerprint density at radius 1 is 1.56 bits per heavy atom. The van der Waals surface area contributed by atoms with E-state index in [2.05, 4.69) is 11.7 Å². The van der Waals surface area contributed by atoms with Gasteiger partial charge in [-0.15, -0.1) is 6.58 Å². The summed E-state index contributed by atoms with van der Waals surface area (Å²) in [4.78, 5) is 11.9. The van der Waals surface area contributed by atoms with Crippen LogP contribution in [0.3, 0.4) is 0 Å². The third-order valence-corrected chi connectivity index (χ3v) is 2.92. The number of carbonyl (C=O) groups excluding carboxylic acids is 1. The summed E-state index contributed by atoms with van der Waals surface area (Å²) in [5, 5.41) is 3.74. The molecule has 0 N–H and O–H groups in total. The Kier molecular flexibility index (Phi) is 3.54. The van der Waals surface area contributed by atoms with Crippen LogP contribution >= 0.6 is 0 Å². The largest absolute Gasteiger partial charge is 0.361 e. The maximum absolute atomic E-state index is 11.9. The molecule has 86 valence electrons. The molecule has 0 saturated heterocycles. The van der Waals surface area contributed by atoms with Gasteiger partial charge in [-0.25, -0.2) is 0 Å². The van der Waals surface area contributed by atoms with Gasteiger partial charge in [-0.3, -0.25) is 4.79 Å². The number of unbranched alkanes of at least 4 members (excludes halogenated alkanes) is 2. The number of hydrogen-bond acceptors (Lipinski definition) is 3. The molecule has 1 aromatic rings. The van der Waals surface area contributed by atoms with Crippen LogP contribution in [-0.2, 0) is 6.42 Å². The Morgan fingerprint density at radius 2 is 2.38 bits per heavy atom. The molecule has 0 atom stereocenters. The first-order chi connectivity index (χ1) is 7.83. The molecule has 0 aromatic carbocycles. The van der Waals surface area contributed by atoms with E-state index in [1.54, 1.807) is 6.20 Å². The van der Waals surface area contributed by atoms with Gasteiger partial charge in [-0.2, -0.15) is 0 Å². The molecule has 0 aliphatic heterocycles. The summed E-state index contributed by atoms with van der Waals surface area (Å²) >= 11 is 0. The summed E-state index contributed by atoms with van der Waals surface area (Å²) in [5.41, 5.74) is 0.709. The first-order valence-electron chi connectivity index (χ1n) is 5.91.